The zero-order valence-corrected chi connectivity index (χ0v) is 19.5. The first-order valence-electron chi connectivity index (χ1n) is 10.9. The zero-order valence-electron chi connectivity index (χ0n) is 18.7. The summed E-state index contributed by atoms with van der Waals surface area (Å²) in [6, 6.07) is 16.5. The second-order valence-corrected chi connectivity index (χ2v) is 7.95. The number of quaternary nitrogens is 1. The van der Waals surface area contributed by atoms with Gasteiger partial charge in [0, 0.05) is 11.1 Å². The van der Waals surface area contributed by atoms with Crippen LogP contribution in [0.2, 0.25) is 0 Å². The van der Waals surface area contributed by atoms with Crippen LogP contribution in [-0.4, -0.2) is 44.5 Å². The van der Waals surface area contributed by atoms with Crippen molar-refractivity contribution in [2.75, 3.05) is 32.8 Å². The Bertz CT molecular complexity index is 837. The molecule has 0 aromatic heterocycles. The van der Waals surface area contributed by atoms with Crippen LogP contribution in [0.4, 0.5) is 0 Å². The molecule has 0 radical (unpaired) electrons. The Hall–Kier alpha value is -2.37. The molecule has 1 saturated heterocycles. The fraction of sp³-hybridized carbons (Fsp3) is 0.440. The van der Waals surface area contributed by atoms with Crippen molar-refractivity contribution in [3.8, 4) is 0 Å². The molecule has 1 aliphatic heterocycles. The number of piperidine rings is 1. The SMILES string of the molecule is CCOC(=O)[C@@H]1CCC[NH+](CCON=C(c2ccccc2C)c2ccccc2C)C1.[Cl-]. The van der Waals surface area contributed by atoms with Crippen molar-refractivity contribution < 1.29 is 31.7 Å². The van der Waals surface area contributed by atoms with E-state index in [0.717, 1.165) is 49.3 Å². The molecule has 2 aromatic rings. The van der Waals surface area contributed by atoms with Crippen LogP contribution in [0.25, 0.3) is 0 Å². The number of hydrogen-bond donors (Lipinski definition) is 1. The summed E-state index contributed by atoms with van der Waals surface area (Å²) >= 11 is 0. The molecular weight excluding hydrogens is 412 g/mol. The van der Waals surface area contributed by atoms with Crippen molar-refractivity contribution in [3.63, 3.8) is 0 Å². The summed E-state index contributed by atoms with van der Waals surface area (Å²) in [5.74, 6) is -0.0540. The first kappa shape index (κ1) is 24.9. The standard InChI is InChI=1S/C25H32N2O3.ClH/c1-4-29-25(28)21-12-9-15-27(18-21)16-17-30-26-24(22-13-7-5-10-19(22)2)23-14-8-6-11-20(23)3;/h5-8,10-11,13-14,21H,4,9,12,15-18H2,1-3H3;1H/t21-;/m1./s1. The maximum absolute atomic E-state index is 12.1. The first-order chi connectivity index (χ1) is 14.6. The van der Waals surface area contributed by atoms with Crippen LogP contribution in [0.1, 0.15) is 42.0 Å². The van der Waals surface area contributed by atoms with E-state index in [1.54, 1.807) is 0 Å². The van der Waals surface area contributed by atoms with Gasteiger partial charge < -0.3 is 26.9 Å². The van der Waals surface area contributed by atoms with Gasteiger partial charge in [0.25, 0.3) is 0 Å². The van der Waals surface area contributed by atoms with Crippen LogP contribution in [0.5, 0.6) is 0 Å². The minimum absolute atomic E-state index is 0. The van der Waals surface area contributed by atoms with Crippen LogP contribution in [-0.2, 0) is 14.4 Å². The van der Waals surface area contributed by atoms with E-state index in [0.29, 0.717) is 13.2 Å². The number of likely N-dealkylation sites (tertiary alicyclic amines) is 1. The third-order valence-electron chi connectivity index (χ3n) is 5.74. The van der Waals surface area contributed by atoms with Crippen molar-refractivity contribution in [1.29, 1.82) is 0 Å². The molecule has 1 N–H and O–H groups in total. The summed E-state index contributed by atoms with van der Waals surface area (Å²) in [6.45, 7) is 9.72. The second kappa shape index (κ2) is 12.5. The van der Waals surface area contributed by atoms with E-state index in [2.05, 4.69) is 43.3 Å². The van der Waals surface area contributed by atoms with Crippen LogP contribution in [0.3, 0.4) is 0 Å². The van der Waals surface area contributed by atoms with Gasteiger partial charge in [-0.1, -0.05) is 53.7 Å². The number of carbonyl (C=O) groups is 1. The fourth-order valence-corrected chi connectivity index (χ4v) is 4.06. The number of halogens is 1. The van der Waals surface area contributed by atoms with E-state index in [9.17, 15) is 4.79 Å². The number of rotatable bonds is 8. The molecule has 0 amide bonds. The maximum atomic E-state index is 12.1. The molecule has 0 bridgehead atoms. The molecule has 2 aromatic carbocycles. The van der Waals surface area contributed by atoms with Gasteiger partial charge in [-0.05, 0) is 44.7 Å². The van der Waals surface area contributed by atoms with Crippen LogP contribution in [0.15, 0.2) is 53.7 Å². The monoisotopic (exact) mass is 444 g/mol. The van der Waals surface area contributed by atoms with Gasteiger partial charge in [-0.3, -0.25) is 4.79 Å². The Morgan fingerprint density at radius 2 is 1.68 bits per heavy atom. The average molecular weight is 445 g/mol. The molecular formula is C25H33ClN2O3. The molecule has 0 spiro atoms. The van der Waals surface area contributed by atoms with Crippen LogP contribution in [0, 0.1) is 19.8 Å². The Morgan fingerprint density at radius 1 is 1.06 bits per heavy atom. The van der Waals surface area contributed by atoms with E-state index >= 15 is 0 Å². The fourth-order valence-electron chi connectivity index (χ4n) is 4.06. The maximum Gasteiger partial charge on any atom is 0.314 e. The summed E-state index contributed by atoms with van der Waals surface area (Å²) in [5, 5.41) is 4.57. The van der Waals surface area contributed by atoms with Gasteiger partial charge >= 0.3 is 5.97 Å². The molecule has 1 unspecified atom stereocenters. The van der Waals surface area contributed by atoms with Gasteiger partial charge in [0.15, 0.2) is 6.61 Å². The minimum Gasteiger partial charge on any atom is -1.00 e. The Balaban J connectivity index is 0.00000341. The van der Waals surface area contributed by atoms with Crippen molar-refractivity contribution in [1.82, 2.24) is 0 Å². The van der Waals surface area contributed by atoms with Gasteiger partial charge in [0.2, 0.25) is 0 Å². The third kappa shape index (κ3) is 6.81. The number of benzene rings is 2. The minimum atomic E-state index is -0.0602. The highest BCUT2D eigenvalue weighted by atomic mass is 35.5. The smallest absolute Gasteiger partial charge is 0.314 e. The van der Waals surface area contributed by atoms with Crippen LogP contribution >= 0.6 is 0 Å². The van der Waals surface area contributed by atoms with Crippen molar-refractivity contribution in [2.24, 2.45) is 11.1 Å². The lowest BCUT2D eigenvalue weighted by Crippen LogP contribution is -3.14. The number of nitrogens with one attached hydrogen (secondary N) is 1. The van der Waals surface area contributed by atoms with Gasteiger partial charge in [-0.15, -0.1) is 0 Å². The molecule has 1 fully saturated rings. The second-order valence-electron chi connectivity index (χ2n) is 7.95. The van der Waals surface area contributed by atoms with Gasteiger partial charge in [0.1, 0.15) is 18.2 Å². The molecule has 2 atom stereocenters. The molecule has 168 valence electrons. The first-order valence-corrected chi connectivity index (χ1v) is 10.9. The lowest BCUT2D eigenvalue weighted by atomic mass is 9.95. The van der Waals surface area contributed by atoms with E-state index in [-0.39, 0.29) is 24.3 Å². The summed E-state index contributed by atoms with van der Waals surface area (Å²) in [7, 11) is 0. The highest BCUT2D eigenvalue weighted by Crippen LogP contribution is 2.18. The molecule has 6 heteroatoms. The predicted octanol–water partition coefficient (Wildman–Crippen LogP) is -0.0656. The summed E-state index contributed by atoms with van der Waals surface area (Å²) in [5.41, 5.74) is 5.37. The molecule has 1 heterocycles. The van der Waals surface area contributed by atoms with Gasteiger partial charge in [-0.2, -0.15) is 0 Å². The number of oxime groups is 1. The number of carbonyl (C=O) groups excluding carboxylic acids is 1. The van der Waals surface area contributed by atoms with Crippen molar-refractivity contribution in [2.45, 2.75) is 33.6 Å². The highest BCUT2D eigenvalue weighted by Gasteiger charge is 2.29. The van der Waals surface area contributed by atoms with E-state index in [1.807, 2.05) is 31.2 Å². The summed E-state index contributed by atoms with van der Waals surface area (Å²) < 4.78 is 5.20. The number of nitrogens with zero attached hydrogens (tertiary/aromatic N) is 1. The average Bonchev–Trinajstić information content (AvgIpc) is 2.76. The number of esters is 1. The van der Waals surface area contributed by atoms with Crippen molar-refractivity contribution in [3.05, 3.63) is 70.8 Å². The normalized spacial score (nSPS) is 17.9. The lowest BCUT2D eigenvalue weighted by Gasteiger charge is -2.28. The zero-order chi connectivity index (χ0) is 21.3. The van der Waals surface area contributed by atoms with E-state index in [1.165, 1.54) is 16.0 Å². The van der Waals surface area contributed by atoms with Gasteiger partial charge in [0.05, 0.1) is 19.7 Å². The Kier molecular flexibility index (Phi) is 10.0. The lowest BCUT2D eigenvalue weighted by molar-refractivity contribution is -0.908. The van der Waals surface area contributed by atoms with Crippen LogP contribution < -0.4 is 17.3 Å². The summed E-state index contributed by atoms with van der Waals surface area (Å²) in [4.78, 5) is 19.2. The summed E-state index contributed by atoms with van der Waals surface area (Å²) in [6.07, 6.45) is 1.96. The number of ether oxygens (including phenoxy) is 1. The van der Waals surface area contributed by atoms with Crippen molar-refractivity contribution >= 4 is 11.7 Å². The number of hydrogen-bond acceptors (Lipinski definition) is 4. The molecule has 1 aliphatic rings. The van der Waals surface area contributed by atoms with E-state index < -0.39 is 0 Å². The van der Waals surface area contributed by atoms with Gasteiger partial charge in [-0.25, -0.2) is 0 Å². The predicted molar refractivity (Wildman–Crippen MR) is 119 cm³/mol. The van der Waals surface area contributed by atoms with E-state index in [4.69, 9.17) is 9.57 Å². The molecule has 3 rings (SSSR count). The Morgan fingerprint density at radius 3 is 2.26 bits per heavy atom. The molecule has 0 aliphatic carbocycles. The highest BCUT2D eigenvalue weighted by molar-refractivity contribution is 6.14. The topological polar surface area (TPSA) is 52.3 Å². The molecule has 0 saturated carbocycles. The quantitative estimate of drug-likeness (QED) is 0.268. The Labute approximate surface area is 191 Å². The molecule has 31 heavy (non-hydrogen) atoms. The third-order valence-corrected chi connectivity index (χ3v) is 5.74. The molecule has 5 nitrogen and oxygen atoms in total. The largest absolute Gasteiger partial charge is 1.00 e. The number of aryl methyl sites for hydroxylation is 2.